The Bertz CT molecular complexity index is 705. The van der Waals surface area contributed by atoms with Crippen molar-refractivity contribution >= 4 is 17.2 Å². The zero-order valence-electron chi connectivity index (χ0n) is 15.5. The third-order valence-corrected chi connectivity index (χ3v) is 5.77. The van der Waals surface area contributed by atoms with Crippen molar-refractivity contribution in [3.63, 3.8) is 0 Å². The van der Waals surface area contributed by atoms with E-state index in [2.05, 4.69) is 61.2 Å². The fourth-order valence-corrected chi connectivity index (χ4v) is 4.57. The van der Waals surface area contributed by atoms with Crippen LogP contribution in [-0.2, 0) is 13.0 Å². The quantitative estimate of drug-likeness (QED) is 0.746. The van der Waals surface area contributed by atoms with Crippen LogP contribution >= 0.6 is 11.3 Å². The van der Waals surface area contributed by atoms with Crippen molar-refractivity contribution in [1.29, 1.82) is 0 Å². The Morgan fingerprint density at radius 1 is 1.28 bits per heavy atom. The number of nitrogens with zero attached hydrogens (tertiary/aromatic N) is 2. The monoisotopic (exact) mass is 356 g/mol. The zero-order valence-corrected chi connectivity index (χ0v) is 16.3. The van der Waals surface area contributed by atoms with Crippen LogP contribution in [0.25, 0.3) is 0 Å². The van der Waals surface area contributed by atoms with E-state index in [0.29, 0.717) is 0 Å². The normalized spacial score (nSPS) is 17.4. The molecule has 1 aliphatic heterocycles. The number of hydrogen-bond donors (Lipinski definition) is 0. The number of amides is 1. The summed E-state index contributed by atoms with van der Waals surface area (Å²) in [6.45, 7) is 3.99. The van der Waals surface area contributed by atoms with Crippen molar-refractivity contribution in [3.8, 4) is 0 Å². The van der Waals surface area contributed by atoms with Gasteiger partial charge < -0.3 is 9.80 Å². The molecule has 1 atom stereocenters. The maximum atomic E-state index is 13.0. The molecule has 4 heteroatoms. The molecule has 0 spiro atoms. The van der Waals surface area contributed by atoms with Crippen LogP contribution in [0.4, 0.5) is 0 Å². The van der Waals surface area contributed by atoms with Gasteiger partial charge in [0, 0.05) is 23.3 Å². The molecule has 134 valence electrons. The van der Waals surface area contributed by atoms with Crippen LogP contribution < -0.4 is 0 Å². The second-order valence-electron chi connectivity index (χ2n) is 7.19. The Hall–Kier alpha value is -1.65. The molecule has 1 saturated heterocycles. The van der Waals surface area contributed by atoms with Crippen LogP contribution in [0.1, 0.15) is 58.6 Å². The highest BCUT2D eigenvalue weighted by molar-refractivity contribution is 7.10. The van der Waals surface area contributed by atoms with E-state index in [1.54, 1.807) is 11.3 Å². The van der Waals surface area contributed by atoms with Gasteiger partial charge in [0.1, 0.15) is 0 Å². The van der Waals surface area contributed by atoms with Crippen molar-refractivity contribution in [2.75, 3.05) is 20.6 Å². The molecular weight excluding hydrogens is 328 g/mol. The highest BCUT2D eigenvalue weighted by Crippen LogP contribution is 2.34. The zero-order chi connectivity index (χ0) is 17.8. The summed E-state index contributed by atoms with van der Waals surface area (Å²) in [6, 6.07) is 11.1. The molecule has 0 N–H and O–H groups in total. The molecule has 1 amide bonds. The highest BCUT2D eigenvalue weighted by Gasteiger charge is 2.30. The molecule has 2 aromatic rings. The predicted octanol–water partition coefficient (Wildman–Crippen LogP) is 4.74. The number of thiophene rings is 1. The first kappa shape index (κ1) is 18.2. The Balaban J connectivity index is 1.74. The van der Waals surface area contributed by atoms with Crippen LogP contribution in [0.15, 0.2) is 35.7 Å². The third-order valence-electron chi connectivity index (χ3n) is 4.77. The molecule has 3 rings (SSSR count). The van der Waals surface area contributed by atoms with E-state index in [4.69, 9.17) is 0 Å². The first-order chi connectivity index (χ1) is 12.1. The molecular formula is C21H28N2OS. The van der Waals surface area contributed by atoms with E-state index < -0.39 is 0 Å². The van der Waals surface area contributed by atoms with Gasteiger partial charge in [0.15, 0.2) is 0 Å². The number of benzene rings is 1. The van der Waals surface area contributed by atoms with Crippen molar-refractivity contribution in [3.05, 3.63) is 57.3 Å². The summed E-state index contributed by atoms with van der Waals surface area (Å²) in [5, 5.41) is 2.03. The lowest BCUT2D eigenvalue weighted by atomic mass is 10.0. The molecule has 0 aliphatic carbocycles. The Morgan fingerprint density at radius 2 is 2.04 bits per heavy atom. The van der Waals surface area contributed by atoms with E-state index in [1.807, 2.05) is 5.38 Å². The number of rotatable bonds is 6. The minimum atomic E-state index is 0.193. The standard InChI is InChI=1S/C21H28N2OS/c1-4-6-19-13-18(15-25-19)21(24)23-12-5-7-20(23)17-10-8-16(9-11-17)14-22(2)3/h8-11,13,15,20H,4-7,12,14H2,1-3H3/t20-/m0/s1. The van der Waals surface area contributed by atoms with Gasteiger partial charge in [-0.15, -0.1) is 11.3 Å². The molecule has 1 aromatic heterocycles. The van der Waals surface area contributed by atoms with Gasteiger partial charge in [-0.1, -0.05) is 37.6 Å². The second kappa shape index (κ2) is 8.15. The number of hydrogen-bond acceptors (Lipinski definition) is 3. The fraction of sp³-hybridized carbons (Fsp3) is 0.476. The van der Waals surface area contributed by atoms with Gasteiger partial charge in [0.25, 0.3) is 5.91 Å². The van der Waals surface area contributed by atoms with Crippen molar-refractivity contribution < 1.29 is 4.79 Å². The van der Waals surface area contributed by atoms with Crippen molar-refractivity contribution in [1.82, 2.24) is 9.80 Å². The smallest absolute Gasteiger partial charge is 0.255 e. The fourth-order valence-electron chi connectivity index (χ4n) is 3.60. The predicted molar refractivity (Wildman–Crippen MR) is 105 cm³/mol. The maximum Gasteiger partial charge on any atom is 0.255 e. The van der Waals surface area contributed by atoms with Gasteiger partial charge in [-0.25, -0.2) is 0 Å². The number of aryl methyl sites for hydroxylation is 1. The first-order valence-electron chi connectivity index (χ1n) is 9.20. The van der Waals surface area contributed by atoms with E-state index in [0.717, 1.165) is 44.3 Å². The topological polar surface area (TPSA) is 23.6 Å². The first-order valence-corrected chi connectivity index (χ1v) is 10.1. The lowest BCUT2D eigenvalue weighted by Crippen LogP contribution is -2.30. The number of carbonyl (C=O) groups is 1. The van der Waals surface area contributed by atoms with Gasteiger partial charge in [0.05, 0.1) is 11.6 Å². The Kier molecular flexibility index (Phi) is 5.92. The lowest BCUT2D eigenvalue weighted by molar-refractivity contribution is 0.0736. The summed E-state index contributed by atoms with van der Waals surface area (Å²) in [5.74, 6) is 0.193. The van der Waals surface area contributed by atoms with Gasteiger partial charge in [-0.05, 0) is 50.6 Å². The van der Waals surface area contributed by atoms with Gasteiger partial charge in [-0.2, -0.15) is 0 Å². The minimum Gasteiger partial charge on any atom is -0.332 e. The SMILES string of the molecule is CCCc1cc(C(=O)N2CCC[C@H]2c2ccc(CN(C)C)cc2)cs1. The summed E-state index contributed by atoms with van der Waals surface area (Å²) in [7, 11) is 4.16. The van der Waals surface area contributed by atoms with E-state index in [-0.39, 0.29) is 11.9 Å². The second-order valence-corrected chi connectivity index (χ2v) is 8.18. The van der Waals surface area contributed by atoms with E-state index in [9.17, 15) is 4.79 Å². The van der Waals surface area contributed by atoms with Crippen LogP contribution in [0.5, 0.6) is 0 Å². The summed E-state index contributed by atoms with van der Waals surface area (Å²) in [6.07, 6.45) is 4.33. The van der Waals surface area contributed by atoms with Crippen LogP contribution in [-0.4, -0.2) is 36.3 Å². The molecule has 25 heavy (non-hydrogen) atoms. The molecule has 0 saturated carbocycles. The minimum absolute atomic E-state index is 0.193. The summed E-state index contributed by atoms with van der Waals surface area (Å²) < 4.78 is 0. The maximum absolute atomic E-state index is 13.0. The molecule has 0 radical (unpaired) electrons. The van der Waals surface area contributed by atoms with E-state index >= 15 is 0 Å². The van der Waals surface area contributed by atoms with Crippen LogP contribution in [0.3, 0.4) is 0 Å². The van der Waals surface area contributed by atoms with Crippen molar-refractivity contribution in [2.24, 2.45) is 0 Å². The number of carbonyl (C=O) groups excluding carboxylic acids is 1. The molecule has 0 unspecified atom stereocenters. The van der Waals surface area contributed by atoms with Gasteiger partial charge in [0.2, 0.25) is 0 Å². The lowest BCUT2D eigenvalue weighted by Gasteiger charge is -2.25. The molecule has 1 aromatic carbocycles. The highest BCUT2D eigenvalue weighted by atomic mass is 32.1. The van der Waals surface area contributed by atoms with E-state index in [1.165, 1.54) is 16.0 Å². The summed E-state index contributed by atoms with van der Waals surface area (Å²) in [5.41, 5.74) is 3.44. The van der Waals surface area contributed by atoms with Gasteiger partial charge >= 0.3 is 0 Å². The number of likely N-dealkylation sites (tertiary alicyclic amines) is 1. The molecule has 1 fully saturated rings. The van der Waals surface area contributed by atoms with Crippen LogP contribution in [0, 0.1) is 0 Å². The average molecular weight is 357 g/mol. The van der Waals surface area contributed by atoms with Crippen molar-refractivity contribution in [2.45, 2.75) is 45.2 Å². The molecule has 1 aliphatic rings. The van der Waals surface area contributed by atoms with Crippen LogP contribution in [0.2, 0.25) is 0 Å². The largest absolute Gasteiger partial charge is 0.332 e. The van der Waals surface area contributed by atoms with Gasteiger partial charge in [-0.3, -0.25) is 4.79 Å². The Labute approximate surface area is 155 Å². The Morgan fingerprint density at radius 3 is 2.72 bits per heavy atom. The third kappa shape index (κ3) is 4.31. The molecule has 2 heterocycles. The molecule has 0 bridgehead atoms. The average Bonchev–Trinajstić information content (AvgIpc) is 3.24. The summed E-state index contributed by atoms with van der Waals surface area (Å²) >= 11 is 1.71. The summed E-state index contributed by atoms with van der Waals surface area (Å²) in [4.78, 5) is 18.5. The molecule has 3 nitrogen and oxygen atoms in total.